The van der Waals surface area contributed by atoms with Crippen LogP contribution >= 0.6 is 0 Å². The summed E-state index contributed by atoms with van der Waals surface area (Å²) in [7, 11) is 1.66. The largest absolute Gasteiger partial charge is 0.496 e. The minimum Gasteiger partial charge on any atom is -0.496 e. The van der Waals surface area contributed by atoms with E-state index in [9.17, 15) is 0 Å². The van der Waals surface area contributed by atoms with Crippen LogP contribution in [0.1, 0.15) is 12.5 Å². The van der Waals surface area contributed by atoms with Crippen molar-refractivity contribution in [3.63, 3.8) is 0 Å². The van der Waals surface area contributed by atoms with E-state index in [1.165, 1.54) is 0 Å². The normalized spacial score (nSPS) is 9.57. The quantitative estimate of drug-likeness (QED) is 0.668. The molecule has 0 saturated heterocycles. The number of rotatable bonds is 5. The number of methoxy groups -OCH3 is 1. The van der Waals surface area contributed by atoms with Crippen LogP contribution in [-0.4, -0.2) is 13.7 Å². The zero-order valence-corrected chi connectivity index (χ0v) is 8.75. The fraction of sp³-hybridized carbons (Fsp3) is 0.333. The van der Waals surface area contributed by atoms with Gasteiger partial charge in [0.15, 0.2) is 0 Å². The molecule has 0 unspecified atom stereocenters. The number of benzene rings is 1. The first-order valence-electron chi connectivity index (χ1n) is 4.73. The van der Waals surface area contributed by atoms with Gasteiger partial charge in [0.1, 0.15) is 11.5 Å². The maximum absolute atomic E-state index is 5.50. The van der Waals surface area contributed by atoms with Crippen LogP contribution in [0.3, 0.4) is 0 Å². The van der Waals surface area contributed by atoms with Crippen molar-refractivity contribution in [1.29, 1.82) is 0 Å². The maximum atomic E-state index is 5.50. The van der Waals surface area contributed by atoms with Crippen LogP contribution in [0.25, 0.3) is 0 Å². The minimum absolute atomic E-state index is 0.664. The summed E-state index contributed by atoms with van der Waals surface area (Å²) >= 11 is 0. The Labute approximate surface area is 85.2 Å². The third-order valence-electron chi connectivity index (χ3n) is 1.96. The van der Waals surface area contributed by atoms with Gasteiger partial charge in [-0.05, 0) is 25.5 Å². The van der Waals surface area contributed by atoms with E-state index in [1.54, 1.807) is 7.11 Å². The van der Waals surface area contributed by atoms with Gasteiger partial charge in [0.2, 0.25) is 0 Å². The molecule has 14 heavy (non-hydrogen) atoms. The third kappa shape index (κ3) is 2.28. The highest BCUT2D eigenvalue weighted by molar-refractivity contribution is 5.45. The topological polar surface area (TPSA) is 18.5 Å². The van der Waals surface area contributed by atoms with Crippen LogP contribution in [-0.2, 0) is 6.42 Å². The number of hydrogen-bond donors (Lipinski definition) is 0. The van der Waals surface area contributed by atoms with E-state index < -0.39 is 0 Å². The first-order chi connectivity index (χ1) is 6.83. The lowest BCUT2D eigenvalue weighted by atomic mass is 10.1. The highest BCUT2D eigenvalue weighted by Crippen LogP contribution is 2.28. The smallest absolute Gasteiger partial charge is 0.126 e. The van der Waals surface area contributed by atoms with Crippen molar-refractivity contribution in [3.05, 3.63) is 36.4 Å². The number of ether oxygens (including phenoxy) is 2. The van der Waals surface area contributed by atoms with E-state index in [2.05, 4.69) is 6.58 Å². The van der Waals surface area contributed by atoms with E-state index in [0.717, 1.165) is 23.5 Å². The van der Waals surface area contributed by atoms with Crippen LogP contribution in [0.4, 0.5) is 0 Å². The first-order valence-corrected chi connectivity index (χ1v) is 4.73. The average Bonchev–Trinajstić information content (AvgIpc) is 2.21. The molecule has 1 aromatic rings. The molecular formula is C12H16O2. The molecule has 2 nitrogen and oxygen atoms in total. The van der Waals surface area contributed by atoms with Crippen molar-refractivity contribution in [1.82, 2.24) is 0 Å². The molecular weight excluding hydrogens is 176 g/mol. The van der Waals surface area contributed by atoms with Gasteiger partial charge in [-0.2, -0.15) is 0 Å². The monoisotopic (exact) mass is 192 g/mol. The van der Waals surface area contributed by atoms with Crippen molar-refractivity contribution < 1.29 is 9.47 Å². The first kappa shape index (κ1) is 10.6. The van der Waals surface area contributed by atoms with Gasteiger partial charge >= 0.3 is 0 Å². The third-order valence-corrected chi connectivity index (χ3v) is 1.96. The Balaban J connectivity index is 3.06. The molecule has 1 aromatic carbocycles. The average molecular weight is 192 g/mol. The molecule has 0 aliphatic heterocycles. The van der Waals surface area contributed by atoms with Crippen LogP contribution in [0.2, 0.25) is 0 Å². The van der Waals surface area contributed by atoms with Gasteiger partial charge in [0, 0.05) is 5.56 Å². The SMILES string of the molecule is C=CCc1c(OC)cccc1OCC. The lowest BCUT2D eigenvalue weighted by molar-refractivity contribution is 0.332. The summed E-state index contributed by atoms with van der Waals surface area (Å²) in [5.74, 6) is 1.74. The molecule has 0 fully saturated rings. The van der Waals surface area contributed by atoms with Gasteiger partial charge in [-0.25, -0.2) is 0 Å². The van der Waals surface area contributed by atoms with Gasteiger partial charge in [-0.1, -0.05) is 12.1 Å². The van der Waals surface area contributed by atoms with E-state index in [4.69, 9.17) is 9.47 Å². The Morgan fingerprint density at radius 1 is 1.36 bits per heavy atom. The zero-order valence-electron chi connectivity index (χ0n) is 8.75. The fourth-order valence-electron chi connectivity index (χ4n) is 1.37. The van der Waals surface area contributed by atoms with Gasteiger partial charge in [0.25, 0.3) is 0 Å². The molecule has 0 radical (unpaired) electrons. The molecule has 0 saturated carbocycles. The molecule has 0 aromatic heterocycles. The lowest BCUT2D eigenvalue weighted by Crippen LogP contribution is -1.98. The molecule has 76 valence electrons. The highest BCUT2D eigenvalue weighted by Gasteiger charge is 2.07. The molecule has 2 heteroatoms. The molecule has 0 atom stereocenters. The van der Waals surface area contributed by atoms with E-state index >= 15 is 0 Å². The van der Waals surface area contributed by atoms with Crippen molar-refractivity contribution in [2.75, 3.05) is 13.7 Å². The molecule has 0 bridgehead atoms. The van der Waals surface area contributed by atoms with Crippen molar-refractivity contribution >= 4 is 0 Å². The summed E-state index contributed by atoms with van der Waals surface area (Å²) in [5.41, 5.74) is 1.06. The Bertz CT molecular complexity index is 305. The zero-order chi connectivity index (χ0) is 10.4. The summed E-state index contributed by atoms with van der Waals surface area (Å²) < 4.78 is 10.8. The predicted octanol–water partition coefficient (Wildman–Crippen LogP) is 2.82. The second-order valence-corrected chi connectivity index (χ2v) is 2.86. The Hall–Kier alpha value is -1.44. The number of allylic oxidation sites excluding steroid dienone is 1. The summed E-state index contributed by atoms with van der Waals surface area (Å²) in [6.45, 7) is 6.35. The van der Waals surface area contributed by atoms with E-state index in [-0.39, 0.29) is 0 Å². The maximum Gasteiger partial charge on any atom is 0.126 e. The van der Waals surface area contributed by atoms with E-state index in [0.29, 0.717) is 6.61 Å². The van der Waals surface area contributed by atoms with Crippen molar-refractivity contribution in [2.45, 2.75) is 13.3 Å². The second-order valence-electron chi connectivity index (χ2n) is 2.86. The summed E-state index contributed by atoms with van der Waals surface area (Å²) in [6.07, 6.45) is 2.61. The summed E-state index contributed by atoms with van der Waals surface area (Å²) in [6, 6.07) is 5.81. The Kier molecular flexibility index (Phi) is 4.05. The van der Waals surface area contributed by atoms with Gasteiger partial charge in [-0.3, -0.25) is 0 Å². The van der Waals surface area contributed by atoms with Crippen molar-refractivity contribution in [2.24, 2.45) is 0 Å². The molecule has 0 spiro atoms. The predicted molar refractivity (Wildman–Crippen MR) is 58.1 cm³/mol. The number of hydrogen-bond acceptors (Lipinski definition) is 2. The standard InChI is InChI=1S/C12H16O2/c1-4-7-10-11(13-3)8-6-9-12(10)14-5-2/h4,6,8-9H,1,5,7H2,2-3H3. The van der Waals surface area contributed by atoms with Gasteiger partial charge < -0.3 is 9.47 Å². The fourth-order valence-corrected chi connectivity index (χ4v) is 1.37. The highest BCUT2D eigenvalue weighted by atomic mass is 16.5. The van der Waals surface area contributed by atoms with Gasteiger partial charge in [0.05, 0.1) is 13.7 Å². The lowest BCUT2D eigenvalue weighted by Gasteiger charge is -2.12. The second kappa shape index (κ2) is 5.32. The van der Waals surface area contributed by atoms with E-state index in [1.807, 2.05) is 31.2 Å². The van der Waals surface area contributed by atoms with Crippen LogP contribution in [0.15, 0.2) is 30.9 Å². The van der Waals surface area contributed by atoms with Crippen LogP contribution < -0.4 is 9.47 Å². The molecule has 0 amide bonds. The summed E-state index contributed by atoms with van der Waals surface area (Å²) in [5, 5.41) is 0. The van der Waals surface area contributed by atoms with Gasteiger partial charge in [-0.15, -0.1) is 6.58 Å². The molecule has 0 heterocycles. The molecule has 1 rings (SSSR count). The molecule has 0 aliphatic rings. The summed E-state index contributed by atoms with van der Waals surface area (Å²) in [4.78, 5) is 0. The molecule has 0 aliphatic carbocycles. The Morgan fingerprint density at radius 3 is 2.64 bits per heavy atom. The molecule has 0 N–H and O–H groups in total. The van der Waals surface area contributed by atoms with Crippen molar-refractivity contribution in [3.8, 4) is 11.5 Å². The van der Waals surface area contributed by atoms with Crippen LogP contribution in [0, 0.1) is 0 Å². The van der Waals surface area contributed by atoms with Crippen LogP contribution in [0.5, 0.6) is 11.5 Å². The Morgan fingerprint density at radius 2 is 2.07 bits per heavy atom. The minimum atomic E-state index is 0.664.